The lowest BCUT2D eigenvalue weighted by Gasteiger charge is -2.15. The second-order valence-corrected chi connectivity index (χ2v) is 6.39. The quantitative estimate of drug-likeness (QED) is 0.793. The van der Waals surface area contributed by atoms with Crippen LogP contribution in [-0.4, -0.2) is 11.2 Å². The summed E-state index contributed by atoms with van der Waals surface area (Å²) in [6.07, 6.45) is 0.776. The standard InChI is InChI=1S/C17H18ClNOS/c1-2-16(21-15-10-6-9-14(18)11-15)17(20)19-12-13-7-4-3-5-8-13/h3-11,16H,2,12H2,1H3,(H,19,20). The average Bonchev–Trinajstić information content (AvgIpc) is 2.51. The molecule has 0 bridgehead atoms. The average molecular weight is 320 g/mol. The highest BCUT2D eigenvalue weighted by atomic mass is 35.5. The van der Waals surface area contributed by atoms with E-state index in [4.69, 9.17) is 11.6 Å². The third-order valence-corrected chi connectivity index (χ3v) is 4.64. The van der Waals surface area contributed by atoms with Gasteiger partial charge in [-0.3, -0.25) is 4.79 Å². The molecule has 0 spiro atoms. The minimum atomic E-state index is -0.104. The van der Waals surface area contributed by atoms with Gasteiger partial charge in [-0.25, -0.2) is 0 Å². The maximum Gasteiger partial charge on any atom is 0.233 e. The van der Waals surface area contributed by atoms with E-state index in [0.29, 0.717) is 11.6 Å². The molecule has 0 aliphatic heterocycles. The van der Waals surface area contributed by atoms with E-state index in [0.717, 1.165) is 16.9 Å². The monoisotopic (exact) mass is 319 g/mol. The van der Waals surface area contributed by atoms with E-state index in [9.17, 15) is 4.79 Å². The van der Waals surface area contributed by atoms with E-state index in [2.05, 4.69) is 5.32 Å². The number of halogens is 1. The fourth-order valence-electron chi connectivity index (χ4n) is 1.93. The lowest BCUT2D eigenvalue weighted by molar-refractivity contribution is -0.120. The summed E-state index contributed by atoms with van der Waals surface area (Å²) in [5.74, 6) is 0.0614. The number of hydrogen-bond donors (Lipinski definition) is 1. The van der Waals surface area contributed by atoms with Crippen molar-refractivity contribution in [3.63, 3.8) is 0 Å². The van der Waals surface area contributed by atoms with Gasteiger partial charge in [0.05, 0.1) is 5.25 Å². The van der Waals surface area contributed by atoms with Crippen molar-refractivity contribution in [2.24, 2.45) is 0 Å². The minimum Gasteiger partial charge on any atom is -0.351 e. The van der Waals surface area contributed by atoms with Gasteiger partial charge in [-0.05, 0) is 30.2 Å². The van der Waals surface area contributed by atoms with Gasteiger partial charge in [-0.2, -0.15) is 0 Å². The summed E-state index contributed by atoms with van der Waals surface area (Å²) >= 11 is 7.53. The fourth-order valence-corrected chi connectivity index (χ4v) is 3.22. The van der Waals surface area contributed by atoms with E-state index in [1.54, 1.807) is 11.8 Å². The Morgan fingerprint density at radius 2 is 1.95 bits per heavy atom. The molecule has 110 valence electrons. The van der Waals surface area contributed by atoms with Crippen LogP contribution in [0.4, 0.5) is 0 Å². The minimum absolute atomic E-state index is 0.0614. The highest BCUT2D eigenvalue weighted by Crippen LogP contribution is 2.27. The molecular formula is C17H18ClNOS. The van der Waals surface area contributed by atoms with Gasteiger partial charge >= 0.3 is 0 Å². The Morgan fingerprint density at radius 3 is 2.62 bits per heavy atom. The zero-order valence-corrected chi connectivity index (χ0v) is 13.5. The molecule has 0 heterocycles. The molecule has 4 heteroatoms. The number of carbonyl (C=O) groups excluding carboxylic acids is 1. The van der Waals surface area contributed by atoms with Crippen LogP contribution in [0, 0.1) is 0 Å². The van der Waals surface area contributed by atoms with Crippen molar-refractivity contribution in [1.29, 1.82) is 0 Å². The Bertz CT molecular complexity index is 588. The van der Waals surface area contributed by atoms with Crippen LogP contribution in [0.2, 0.25) is 5.02 Å². The molecule has 2 nitrogen and oxygen atoms in total. The van der Waals surface area contributed by atoms with Gasteiger partial charge in [-0.15, -0.1) is 11.8 Å². The van der Waals surface area contributed by atoms with Gasteiger partial charge in [-0.1, -0.05) is 54.9 Å². The van der Waals surface area contributed by atoms with Gasteiger partial charge < -0.3 is 5.32 Å². The highest BCUT2D eigenvalue weighted by molar-refractivity contribution is 8.00. The van der Waals surface area contributed by atoms with Crippen LogP contribution in [0.1, 0.15) is 18.9 Å². The van der Waals surface area contributed by atoms with Crippen molar-refractivity contribution in [2.45, 2.75) is 30.0 Å². The first kappa shape index (κ1) is 15.9. The van der Waals surface area contributed by atoms with Crippen LogP contribution in [0.25, 0.3) is 0 Å². The molecule has 2 aromatic carbocycles. The molecular weight excluding hydrogens is 302 g/mol. The Balaban J connectivity index is 1.92. The zero-order valence-electron chi connectivity index (χ0n) is 11.9. The van der Waals surface area contributed by atoms with Crippen LogP contribution in [0.3, 0.4) is 0 Å². The maximum atomic E-state index is 12.3. The molecule has 0 aliphatic rings. The van der Waals surface area contributed by atoms with Crippen molar-refractivity contribution in [1.82, 2.24) is 5.32 Å². The SMILES string of the molecule is CCC(Sc1cccc(Cl)c1)C(=O)NCc1ccccc1. The summed E-state index contributed by atoms with van der Waals surface area (Å²) in [5.41, 5.74) is 1.11. The molecule has 0 fully saturated rings. The molecule has 0 saturated carbocycles. The van der Waals surface area contributed by atoms with Crippen LogP contribution in [-0.2, 0) is 11.3 Å². The molecule has 1 N–H and O–H groups in total. The number of hydrogen-bond acceptors (Lipinski definition) is 2. The predicted molar refractivity (Wildman–Crippen MR) is 89.7 cm³/mol. The topological polar surface area (TPSA) is 29.1 Å². The summed E-state index contributed by atoms with van der Waals surface area (Å²) in [6, 6.07) is 17.5. The number of benzene rings is 2. The number of nitrogens with one attached hydrogen (secondary N) is 1. The van der Waals surface area contributed by atoms with Gasteiger partial charge in [0, 0.05) is 16.5 Å². The van der Waals surface area contributed by atoms with Crippen molar-refractivity contribution >= 4 is 29.3 Å². The van der Waals surface area contributed by atoms with Crippen LogP contribution < -0.4 is 5.32 Å². The summed E-state index contributed by atoms with van der Waals surface area (Å²) in [4.78, 5) is 13.3. The molecule has 0 aliphatic carbocycles. The van der Waals surface area contributed by atoms with Crippen molar-refractivity contribution < 1.29 is 4.79 Å². The first-order valence-electron chi connectivity index (χ1n) is 6.93. The molecule has 2 aromatic rings. The van der Waals surface area contributed by atoms with Crippen LogP contribution in [0.15, 0.2) is 59.5 Å². The number of thioether (sulfide) groups is 1. The molecule has 21 heavy (non-hydrogen) atoms. The largest absolute Gasteiger partial charge is 0.351 e. The Hall–Kier alpha value is -1.45. The van der Waals surface area contributed by atoms with Crippen LogP contribution >= 0.6 is 23.4 Å². The van der Waals surface area contributed by atoms with Crippen molar-refractivity contribution in [2.75, 3.05) is 0 Å². The molecule has 0 saturated heterocycles. The number of amides is 1. The Morgan fingerprint density at radius 1 is 1.19 bits per heavy atom. The van der Waals surface area contributed by atoms with Gasteiger partial charge in [0.15, 0.2) is 0 Å². The van der Waals surface area contributed by atoms with E-state index >= 15 is 0 Å². The lowest BCUT2D eigenvalue weighted by atomic mass is 10.2. The third kappa shape index (κ3) is 5.10. The normalized spacial score (nSPS) is 11.9. The molecule has 1 atom stereocenters. The smallest absolute Gasteiger partial charge is 0.233 e. The molecule has 0 radical (unpaired) electrons. The first-order chi connectivity index (χ1) is 10.2. The number of rotatable bonds is 6. The van der Waals surface area contributed by atoms with E-state index in [-0.39, 0.29) is 11.2 Å². The molecule has 2 rings (SSSR count). The van der Waals surface area contributed by atoms with Crippen LogP contribution in [0.5, 0.6) is 0 Å². The Kier molecular flexibility index (Phi) is 6.15. The lowest BCUT2D eigenvalue weighted by Crippen LogP contribution is -2.31. The molecule has 0 aromatic heterocycles. The van der Waals surface area contributed by atoms with Crippen molar-refractivity contribution in [3.05, 3.63) is 65.2 Å². The fraction of sp³-hybridized carbons (Fsp3) is 0.235. The molecule has 1 amide bonds. The summed E-state index contributed by atoms with van der Waals surface area (Å²) in [6.45, 7) is 2.58. The second-order valence-electron chi connectivity index (χ2n) is 4.68. The van der Waals surface area contributed by atoms with E-state index < -0.39 is 0 Å². The zero-order chi connectivity index (χ0) is 15.1. The van der Waals surface area contributed by atoms with Gasteiger partial charge in [0.2, 0.25) is 5.91 Å². The van der Waals surface area contributed by atoms with E-state index in [1.165, 1.54) is 0 Å². The third-order valence-electron chi connectivity index (χ3n) is 3.05. The van der Waals surface area contributed by atoms with E-state index in [1.807, 2.05) is 61.5 Å². The maximum absolute atomic E-state index is 12.3. The number of carbonyl (C=O) groups is 1. The van der Waals surface area contributed by atoms with Gasteiger partial charge in [0.1, 0.15) is 0 Å². The first-order valence-corrected chi connectivity index (χ1v) is 8.18. The molecule has 1 unspecified atom stereocenters. The second kappa shape index (κ2) is 8.11. The summed E-state index contributed by atoms with van der Waals surface area (Å²) < 4.78 is 0. The summed E-state index contributed by atoms with van der Waals surface area (Å²) in [7, 11) is 0. The van der Waals surface area contributed by atoms with Crippen molar-refractivity contribution in [3.8, 4) is 0 Å². The summed E-state index contributed by atoms with van der Waals surface area (Å²) in [5, 5.41) is 3.58. The highest BCUT2D eigenvalue weighted by Gasteiger charge is 2.17. The van der Waals surface area contributed by atoms with Gasteiger partial charge in [0.25, 0.3) is 0 Å². The Labute approximate surface area is 134 Å². The predicted octanol–water partition coefficient (Wildman–Crippen LogP) is 4.53.